The lowest BCUT2D eigenvalue weighted by atomic mass is 10.3. The fourth-order valence-electron chi connectivity index (χ4n) is 1.43. The van der Waals surface area contributed by atoms with Crippen LogP contribution in [-0.4, -0.2) is 22.2 Å². The summed E-state index contributed by atoms with van der Waals surface area (Å²) in [5, 5.41) is 2.48. The quantitative estimate of drug-likeness (QED) is 0.862. The third kappa shape index (κ3) is 4.02. The second-order valence-corrected chi connectivity index (χ2v) is 6.29. The highest BCUT2D eigenvalue weighted by molar-refractivity contribution is 8.00. The number of nitrogens with zero attached hydrogens (tertiary/aromatic N) is 1. The Bertz CT molecular complexity index is 520. The number of hydrogen-bond donors (Lipinski definition) is 1. The molecule has 3 nitrogen and oxygen atoms in total. The second kappa shape index (κ2) is 5.81. The van der Waals surface area contributed by atoms with Gasteiger partial charge in [0.15, 0.2) is 0 Å². The molecule has 110 valence electrons. The highest BCUT2D eigenvalue weighted by atomic mass is 35.5. The van der Waals surface area contributed by atoms with Gasteiger partial charge in [0.25, 0.3) is 0 Å². The van der Waals surface area contributed by atoms with E-state index in [0.717, 1.165) is 36.9 Å². The van der Waals surface area contributed by atoms with E-state index in [1.807, 2.05) is 0 Å². The highest BCUT2D eigenvalue weighted by Crippen LogP contribution is 2.35. The third-order valence-corrected chi connectivity index (χ3v) is 4.23. The van der Waals surface area contributed by atoms with E-state index >= 15 is 0 Å². The average Bonchev–Trinajstić information content (AvgIpc) is 3.14. The van der Waals surface area contributed by atoms with Gasteiger partial charge in [0, 0.05) is 12.2 Å². The molecule has 1 N–H and O–H groups in total. The Kier molecular flexibility index (Phi) is 4.49. The van der Waals surface area contributed by atoms with Gasteiger partial charge in [0.2, 0.25) is 5.91 Å². The maximum atomic E-state index is 12.5. The molecule has 1 aromatic heterocycles. The van der Waals surface area contributed by atoms with Gasteiger partial charge in [-0.05, 0) is 25.8 Å². The summed E-state index contributed by atoms with van der Waals surface area (Å²) in [7, 11) is 0. The van der Waals surface area contributed by atoms with Crippen molar-refractivity contribution in [2.24, 2.45) is 0 Å². The molecule has 0 spiro atoms. The topological polar surface area (TPSA) is 42.0 Å². The first-order valence-corrected chi connectivity index (χ1v) is 7.23. The molecule has 1 unspecified atom stereocenters. The van der Waals surface area contributed by atoms with E-state index in [1.165, 1.54) is 0 Å². The summed E-state index contributed by atoms with van der Waals surface area (Å²) < 4.78 is 37.4. The van der Waals surface area contributed by atoms with Crippen molar-refractivity contribution >= 4 is 29.3 Å². The van der Waals surface area contributed by atoms with Crippen LogP contribution in [-0.2, 0) is 11.0 Å². The maximum Gasteiger partial charge on any atom is 0.417 e. The van der Waals surface area contributed by atoms with Crippen molar-refractivity contribution in [2.75, 3.05) is 0 Å². The molecule has 1 fully saturated rings. The van der Waals surface area contributed by atoms with Crippen molar-refractivity contribution in [1.82, 2.24) is 10.3 Å². The molecule has 0 aliphatic heterocycles. The molecule has 1 heterocycles. The number of pyridine rings is 1. The van der Waals surface area contributed by atoms with Crippen LogP contribution in [0.4, 0.5) is 13.2 Å². The lowest BCUT2D eigenvalue weighted by Gasteiger charge is -2.13. The molecule has 0 bridgehead atoms. The van der Waals surface area contributed by atoms with Crippen LogP contribution >= 0.6 is 23.4 Å². The van der Waals surface area contributed by atoms with Crippen LogP contribution in [0.1, 0.15) is 25.3 Å². The number of aromatic nitrogens is 1. The van der Waals surface area contributed by atoms with Crippen LogP contribution < -0.4 is 5.32 Å². The second-order valence-electron chi connectivity index (χ2n) is 4.55. The number of amides is 1. The molecule has 0 saturated heterocycles. The van der Waals surface area contributed by atoms with E-state index in [4.69, 9.17) is 11.6 Å². The van der Waals surface area contributed by atoms with Crippen molar-refractivity contribution in [2.45, 2.75) is 42.3 Å². The minimum Gasteiger partial charge on any atom is -0.352 e. The number of carbonyl (C=O) groups is 1. The molecule has 1 saturated carbocycles. The minimum absolute atomic E-state index is 0.101. The largest absolute Gasteiger partial charge is 0.417 e. The fraction of sp³-hybridized carbons (Fsp3) is 0.500. The van der Waals surface area contributed by atoms with Crippen molar-refractivity contribution in [3.8, 4) is 0 Å². The Balaban J connectivity index is 2.03. The molecular formula is C12H12ClF3N2OS. The first-order chi connectivity index (χ1) is 9.27. The van der Waals surface area contributed by atoms with E-state index < -0.39 is 17.0 Å². The van der Waals surface area contributed by atoms with E-state index in [9.17, 15) is 18.0 Å². The first kappa shape index (κ1) is 15.4. The molecule has 0 aromatic carbocycles. The summed E-state index contributed by atoms with van der Waals surface area (Å²) >= 11 is 6.83. The summed E-state index contributed by atoms with van der Waals surface area (Å²) in [4.78, 5) is 15.4. The SMILES string of the molecule is CC(Sc1ncc(C(F)(F)F)cc1Cl)C(=O)NC1CC1. The van der Waals surface area contributed by atoms with Crippen LogP contribution in [0.5, 0.6) is 0 Å². The Labute approximate surface area is 123 Å². The fourth-order valence-corrected chi connectivity index (χ4v) is 2.53. The zero-order chi connectivity index (χ0) is 14.9. The molecule has 1 aromatic rings. The van der Waals surface area contributed by atoms with Crippen LogP contribution in [0.25, 0.3) is 0 Å². The molecule has 1 atom stereocenters. The minimum atomic E-state index is -4.48. The predicted octanol–water partition coefficient (Wildman–Crippen LogP) is 3.51. The van der Waals surface area contributed by atoms with Gasteiger partial charge in [-0.3, -0.25) is 4.79 Å². The van der Waals surface area contributed by atoms with E-state index in [2.05, 4.69) is 10.3 Å². The van der Waals surface area contributed by atoms with Gasteiger partial charge in [-0.15, -0.1) is 0 Å². The molecule has 0 radical (unpaired) electrons. The lowest BCUT2D eigenvalue weighted by Crippen LogP contribution is -2.32. The standard InChI is InChI=1S/C12H12ClF3N2OS/c1-6(10(19)18-8-2-3-8)20-11-9(13)4-7(5-17-11)12(14,15)16/h4-6,8H,2-3H2,1H3,(H,18,19). The monoisotopic (exact) mass is 324 g/mol. The van der Waals surface area contributed by atoms with Gasteiger partial charge in [-0.2, -0.15) is 13.2 Å². The van der Waals surface area contributed by atoms with Crippen LogP contribution in [0.15, 0.2) is 17.3 Å². The van der Waals surface area contributed by atoms with Crippen LogP contribution in [0.3, 0.4) is 0 Å². The van der Waals surface area contributed by atoms with Gasteiger partial charge < -0.3 is 5.32 Å². The number of hydrogen-bond acceptors (Lipinski definition) is 3. The summed E-state index contributed by atoms with van der Waals surface area (Å²) in [6.45, 7) is 1.66. The summed E-state index contributed by atoms with van der Waals surface area (Å²) in [5.74, 6) is -0.157. The normalized spacial score (nSPS) is 16.9. The Morgan fingerprint density at radius 3 is 2.70 bits per heavy atom. The Hall–Kier alpha value is -0.950. The molecule has 8 heteroatoms. The Morgan fingerprint density at radius 2 is 2.20 bits per heavy atom. The maximum absolute atomic E-state index is 12.5. The summed E-state index contributed by atoms with van der Waals surface area (Å²) in [6.07, 6.45) is -1.81. The molecule has 1 aliphatic carbocycles. The number of nitrogens with one attached hydrogen (secondary N) is 1. The molecule has 1 amide bonds. The Morgan fingerprint density at radius 1 is 1.55 bits per heavy atom. The van der Waals surface area contributed by atoms with Crippen molar-refractivity contribution in [3.63, 3.8) is 0 Å². The third-order valence-electron chi connectivity index (χ3n) is 2.72. The summed E-state index contributed by atoms with van der Waals surface area (Å²) in [6, 6.07) is 1.06. The van der Waals surface area contributed by atoms with Gasteiger partial charge >= 0.3 is 6.18 Å². The smallest absolute Gasteiger partial charge is 0.352 e. The van der Waals surface area contributed by atoms with Crippen molar-refractivity contribution in [3.05, 3.63) is 22.8 Å². The lowest BCUT2D eigenvalue weighted by molar-refractivity contribution is -0.137. The van der Waals surface area contributed by atoms with Crippen LogP contribution in [0.2, 0.25) is 5.02 Å². The number of thioether (sulfide) groups is 1. The van der Waals surface area contributed by atoms with Gasteiger partial charge in [0.1, 0.15) is 5.03 Å². The molecule has 20 heavy (non-hydrogen) atoms. The first-order valence-electron chi connectivity index (χ1n) is 5.97. The number of alkyl halides is 3. The number of rotatable bonds is 4. The van der Waals surface area contributed by atoms with E-state index in [1.54, 1.807) is 6.92 Å². The zero-order valence-corrected chi connectivity index (χ0v) is 12.1. The zero-order valence-electron chi connectivity index (χ0n) is 10.5. The number of halogens is 4. The summed E-state index contributed by atoms with van der Waals surface area (Å²) in [5.41, 5.74) is -0.901. The van der Waals surface area contributed by atoms with E-state index in [0.29, 0.717) is 0 Å². The van der Waals surface area contributed by atoms with E-state index in [-0.39, 0.29) is 22.0 Å². The van der Waals surface area contributed by atoms with Gasteiger partial charge in [-0.25, -0.2) is 4.98 Å². The highest BCUT2D eigenvalue weighted by Gasteiger charge is 2.32. The van der Waals surface area contributed by atoms with Gasteiger partial charge in [0.05, 0.1) is 15.8 Å². The van der Waals surface area contributed by atoms with Crippen molar-refractivity contribution < 1.29 is 18.0 Å². The average molecular weight is 325 g/mol. The van der Waals surface area contributed by atoms with Gasteiger partial charge in [-0.1, -0.05) is 23.4 Å². The molecule has 2 rings (SSSR count). The predicted molar refractivity (Wildman–Crippen MR) is 70.7 cm³/mol. The molecular weight excluding hydrogens is 313 g/mol. The van der Waals surface area contributed by atoms with Crippen LogP contribution in [0, 0.1) is 0 Å². The molecule has 1 aliphatic rings. The number of carbonyl (C=O) groups excluding carboxylic acids is 1. The van der Waals surface area contributed by atoms with Crippen molar-refractivity contribution in [1.29, 1.82) is 0 Å².